The van der Waals surface area contributed by atoms with Crippen molar-refractivity contribution in [2.75, 3.05) is 7.05 Å². The minimum absolute atomic E-state index is 0.439. The first-order valence-electron chi connectivity index (χ1n) is 7.91. The summed E-state index contributed by atoms with van der Waals surface area (Å²) < 4.78 is 0. The molecule has 0 aromatic carbocycles. The highest BCUT2D eigenvalue weighted by Gasteiger charge is 2.28. The lowest BCUT2D eigenvalue weighted by Gasteiger charge is -2.34. The van der Waals surface area contributed by atoms with E-state index in [0.29, 0.717) is 6.04 Å². The highest BCUT2D eigenvalue weighted by molar-refractivity contribution is 5.23. The normalized spacial score (nSPS) is 25.2. The molecule has 2 nitrogen and oxygen atoms in total. The fourth-order valence-corrected chi connectivity index (χ4v) is 3.56. The van der Waals surface area contributed by atoms with E-state index in [-0.39, 0.29) is 0 Å². The first kappa shape index (κ1) is 14.5. The van der Waals surface area contributed by atoms with Gasteiger partial charge in [0, 0.05) is 6.20 Å². The third-order valence-corrected chi connectivity index (χ3v) is 4.85. The van der Waals surface area contributed by atoms with Gasteiger partial charge in [0.05, 0.1) is 11.7 Å². The van der Waals surface area contributed by atoms with Crippen LogP contribution >= 0.6 is 0 Å². The Morgan fingerprint density at radius 3 is 2.58 bits per heavy atom. The third-order valence-electron chi connectivity index (χ3n) is 4.85. The van der Waals surface area contributed by atoms with Crippen LogP contribution in [0, 0.1) is 11.8 Å². The van der Waals surface area contributed by atoms with Gasteiger partial charge in [-0.3, -0.25) is 4.98 Å². The molecular weight excluding hydrogens is 232 g/mol. The molecule has 0 bridgehead atoms. The van der Waals surface area contributed by atoms with Crippen molar-refractivity contribution in [3.63, 3.8) is 0 Å². The lowest BCUT2D eigenvalue weighted by molar-refractivity contribution is 0.221. The standard InChI is InChI=1S/C17H28N2/c1-4-13-8-10-15(11-9-13)16(18-3)17-14(5-2)7-6-12-19-17/h6-7,12-13,15-16,18H,4-5,8-11H2,1-3H3. The van der Waals surface area contributed by atoms with Crippen LogP contribution in [0.3, 0.4) is 0 Å². The lowest BCUT2D eigenvalue weighted by Crippen LogP contribution is -2.30. The van der Waals surface area contributed by atoms with Crippen molar-refractivity contribution in [1.29, 1.82) is 0 Å². The first-order chi connectivity index (χ1) is 9.30. The van der Waals surface area contributed by atoms with Crippen molar-refractivity contribution in [3.8, 4) is 0 Å². The van der Waals surface area contributed by atoms with Crippen LogP contribution in [0.4, 0.5) is 0 Å². The van der Waals surface area contributed by atoms with Gasteiger partial charge in [0.2, 0.25) is 0 Å². The Bertz CT molecular complexity index is 381. The maximum absolute atomic E-state index is 4.67. The molecular formula is C17H28N2. The highest BCUT2D eigenvalue weighted by atomic mass is 14.9. The van der Waals surface area contributed by atoms with Crippen LogP contribution in [0.2, 0.25) is 0 Å². The average Bonchev–Trinajstić information content (AvgIpc) is 2.49. The predicted molar refractivity (Wildman–Crippen MR) is 81.2 cm³/mol. The summed E-state index contributed by atoms with van der Waals surface area (Å²) in [6.45, 7) is 4.55. The van der Waals surface area contributed by atoms with Gasteiger partial charge in [-0.25, -0.2) is 0 Å². The molecule has 1 heterocycles. The first-order valence-corrected chi connectivity index (χ1v) is 7.91. The molecule has 1 N–H and O–H groups in total. The Balaban J connectivity index is 2.12. The van der Waals surface area contributed by atoms with Crippen LogP contribution in [0.5, 0.6) is 0 Å². The summed E-state index contributed by atoms with van der Waals surface area (Å²) in [5, 5.41) is 3.53. The quantitative estimate of drug-likeness (QED) is 0.861. The number of aromatic nitrogens is 1. The molecule has 2 heteroatoms. The average molecular weight is 260 g/mol. The van der Waals surface area contributed by atoms with Gasteiger partial charge in [-0.1, -0.05) is 39.2 Å². The van der Waals surface area contributed by atoms with E-state index in [0.717, 1.165) is 18.3 Å². The second-order valence-corrected chi connectivity index (χ2v) is 5.86. The van der Waals surface area contributed by atoms with Gasteiger partial charge in [0.1, 0.15) is 0 Å². The molecule has 1 aromatic rings. The molecule has 0 radical (unpaired) electrons. The fourth-order valence-electron chi connectivity index (χ4n) is 3.56. The summed E-state index contributed by atoms with van der Waals surface area (Å²) in [7, 11) is 2.09. The van der Waals surface area contributed by atoms with Crippen molar-refractivity contribution >= 4 is 0 Å². The minimum atomic E-state index is 0.439. The molecule has 2 rings (SSSR count). The molecule has 1 aromatic heterocycles. The lowest BCUT2D eigenvalue weighted by atomic mass is 9.76. The van der Waals surface area contributed by atoms with Gasteiger partial charge >= 0.3 is 0 Å². The van der Waals surface area contributed by atoms with Gasteiger partial charge in [-0.15, -0.1) is 0 Å². The second kappa shape index (κ2) is 7.04. The fraction of sp³-hybridized carbons (Fsp3) is 0.706. The van der Waals surface area contributed by atoms with Crippen LogP contribution in [-0.4, -0.2) is 12.0 Å². The Morgan fingerprint density at radius 2 is 2.00 bits per heavy atom. The summed E-state index contributed by atoms with van der Waals surface area (Å²) in [6, 6.07) is 4.72. The Morgan fingerprint density at radius 1 is 1.26 bits per heavy atom. The molecule has 1 unspecified atom stereocenters. The third kappa shape index (κ3) is 3.36. The number of aryl methyl sites for hydroxylation is 1. The number of pyridine rings is 1. The molecule has 1 saturated carbocycles. The Kier molecular flexibility index (Phi) is 5.38. The van der Waals surface area contributed by atoms with Gasteiger partial charge in [0.15, 0.2) is 0 Å². The molecule has 0 amide bonds. The largest absolute Gasteiger partial charge is 0.311 e. The zero-order valence-electron chi connectivity index (χ0n) is 12.7. The van der Waals surface area contributed by atoms with Crippen molar-refractivity contribution in [3.05, 3.63) is 29.6 Å². The van der Waals surface area contributed by atoms with Gasteiger partial charge in [0.25, 0.3) is 0 Å². The van der Waals surface area contributed by atoms with E-state index >= 15 is 0 Å². The molecule has 1 aliphatic carbocycles. The van der Waals surface area contributed by atoms with Crippen molar-refractivity contribution in [2.45, 2.75) is 58.4 Å². The summed E-state index contributed by atoms with van der Waals surface area (Å²) in [6.07, 6.45) is 9.86. The van der Waals surface area contributed by atoms with Crippen molar-refractivity contribution < 1.29 is 0 Å². The number of hydrogen-bond acceptors (Lipinski definition) is 2. The second-order valence-electron chi connectivity index (χ2n) is 5.86. The van der Waals surface area contributed by atoms with Gasteiger partial charge in [-0.2, -0.15) is 0 Å². The summed E-state index contributed by atoms with van der Waals surface area (Å²) in [5.74, 6) is 1.72. The Hall–Kier alpha value is -0.890. The Labute approximate surface area is 118 Å². The number of hydrogen-bond donors (Lipinski definition) is 1. The number of rotatable bonds is 5. The smallest absolute Gasteiger partial charge is 0.0607 e. The van der Waals surface area contributed by atoms with E-state index in [1.807, 2.05) is 6.20 Å². The minimum Gasteiger partial charge on any atom is -0.311 e. The van der Waals surface area contributed by atoms with E-state index in [9.17, 15) is 0 Å². The molecule has 19 heavy (non-hydrogen) atoms. The zero-order chi connectivity index (χ0) is 13.7. The van der Waals surface area contributed by atoms with Crippen LogP contribution in [0.1, 0.15) is 63.3 Å². The topological polar surface area (TPSA) is 24.9 Å². The molecule has 0 spiro atoms. The number of nitrogens with zero attached hydrogens (tertiary/aromatic N) is 1. The highest BCUT2D eigenvalue weighted by Crippen LogP contribution is 2.38. The molecule has 1 atom stereocenters. The molecule has 1 fully saturated rings. The predicted octanol–water partition coefficient (Wildman–Crippen LogP) is 4.12. The zero-order valence-corrected chi connectivity index (χ0v) is 12.7. The maximum atomic E-state index is 4.67. The van der Waals surface area contributed by atoms with E-state index in [1.165, 1.54) is 43.4 Å². The molecule has 106 valence electrons. The monoisotopic (exact) mass is 260 g/mol. The van der Waals surface area contributed by atoms with Crippen molar-refractivity contribution in [2.24, 2.45) is 11.8 Å². The van der Waals surface area contributed by atoms with Crippen LogP contribution in [0.25, 0.3) is 0 Å². The molecule has 1 aliphatic rings. The van der Waals surface area contributed by atoms with Gasteiger partial charge in [-0.05, 0) is 49.8 Å². The van der Waals surface area contributed by atoms with Gasteiger partial charge < -0.3 is 5.32 Å². The van der Waals surface area contributed by atoms with E-state index < -0.39 is 0 Å². The molecule has 0 saturated heterocycles. The van der Waals surface area contributed by atoms with Crippen LogP contribution in [0.15, 0.2) is 18.3 Å². The SMILES string of the molecule is CCc1cccnc1C(NC)C1CCC(CC)CC1. The summed E-state index contributed by atoms with van der Waals surface area (Å²) in [4.78, 5) is 4.67. The molecule has 0 aliphatic heterocycles. The van der Waals surface area contributed by atoms with E-state index in [1.54, 1.807) is 0 Å². The van der Waals surface area contributed by atoms with E-state index in [2.05, 4.69) is 43.3 Å². The van der Waals surface area contributed by atoms with Crippen LogP contribution in [-0.2, 0) is 6.42 Å². The number of nitrogens with one attached hydrogen (secondary N) is 1. The van der Waals surface area contributed by atoms with Crippen LogP contribution < -0.4 is 5.32 Å². The van der Waals surface area contributed by atoms with E-state index in [4.69, 9.17) is 0 Å². The summed E-state index contributed by atoms with van der Waals surface area (Å²) >= 11 is 0. The van der Waals surface area contributed by atoms with Crippen molar-refractivity contribution in [1.82, 2.24) is 10.3 Å². The maximum Gasteiger partial charge on any atom is 0.0607 e. The summed E-state index contributed by atoms with van der Waals surface area (Å²) in [5.41, 5.74) is 2.69.